The normalized spacial score (nSPS) is 15.8. The summed E-state index contributed by atoms with van der Waals surface area (Å²) in [4.78, 5) is 5.20. The molecule has 9 rings (SSSR count). The fourth-order valence-corrected chi connectivity index (χ4v) is 7.30. The second-order valence-corrected chi connectivity index (χ2v) is 12.9. The first-order valence-electron chi connectivity index (χ1n) is 17.2. The number of nitrogens with zero attached hydrogens (tertiary/aromatic N) is 1. The Morgan fingerprint density at radius 2 is 1.06 bits per heavy atom. The van der Waals surface area contributed by atoms with Gasteiger partial charge in [0.15, 0.2) is 0 Å². The van der Waals surface area contributed by atoms with Crippen molar-refractivity contribution in [1.29, 1.82) is 0 Å². The van der Waals surface area contributed by atoms with Crippen molar-refractivity contribution >= 4 is 27.4 Å². The number of nitrogens with one attached hydrogen (secondary N) is 2. The third-order valence-electron chi connectivity index (χ3n) is 9.74. The van der Waals surface area contributed by atoms with E-state index >= 15 is 0 Å². The Balaban J connectivity index is 1.16. The predicted molar refractivity (Wildman–Crippen MR) is 208 cm³/mol. The first kappa shape index (κ1) is 29.8. The first-order chi connectivity index (χ1) is 24.8. The number of rotatable bonds is 6. The number of benzene rings is 7. The van der Waals surface area contributed by atoms with E-state index in [2.05, 4.69) is 193 Å². The van der Waals surface area contributed by atoms with Gasteiger partial charge >= 0.3 is 0 Å². The van der Waals surface area contributed by atoms with E-state index in [1.54, 1.807) is 0 Å². The fraction of sp³-hybridized carbons (Fsp3) is 0.0426. The zero-order valence-electron chi connectivity index (χ0n) is 27.5. The lowest BCUT2D eigenvalue weighted by molar-refractivity contribution is 0.443. The van der Waals surface area contributed by atoms with Crippen molar-refractivity contribution in [3.05, 3.63) is 205 Å². The molecule has 2 atom stereocenters. The lowest BCUT2D eigenvalue weighted by atomic mass is 9.91. The number of hydrogen-bond acceptors (Lipinski definition) is 3. The SMILES string of the molecule is C1=C(c2ccccc2)NC(c2cccc(-c3cccc4c3ccc3nc(-c5ccccc5)cc(-c5ccccc5)c34)c2)NC1c1ccccc1. The van der Waals surface area contributed by atoms with Crippen molar-refractivity contribution < 1.29 is 0 Å². The summed E-state index contributed by atoms with van der Waals surface area (Å²) in [5.74, 6) is 0. The Morgan fingerprint density at radius 3 is 1.80 bits per heavy atom. The molecule has 3 nitrogen and oxygen atoms in total. The van der Waals surface area contributed by atoms with Crippen LogP contribution < -0.4 is 10.6 Å². The Bertz CT molecular complexity index is 2470. The van der Waals surface area contributed by atoms with E-state index in [4.69, 9.17) is 4.98 Å². The molecular weight excluding hydrogens is 607 g/mol. The number of fused-ring (bicyclic) bond motifs is 3. The molecule has 1 aromatic heterocycles. The van der Waals surface area contributed by atoms with Crippen molar-refractivity contribution in [1.82, 2.24) is 15.6 Å². The number of pyridine rings is 1. The average molecular weight is 642 g/mol. The Morgan fingerprint density at radius 1 is 0.440 bits per heavy atom. The van der Waals surface area contributed by atoms with Crippen LogP contribution >= 0.6 is 0 Å². The summed E-state index contributed by atoms with van der Waals surface area (Å²) in [5.41, 5.74) is 12.6. The molecule has 1 aliphatic rings. The molecule has 0 spiro atoms. The molecular formula is C47H35N3. The first-order valence-corrected chi connectivity index (χ1v) is 17.2. The summed E-state index contributed by atoms with van der Waals surface area (Å²) in [6.45, 7) is 0. The third-order valence-corrected chi connectivity index (χ3v) is 9.74. The van der Waals surface area contributed by atoms with E-state index in [-0.39, 0.29) is 12.2 Å². The van der Waals surface area contributed by atoms with E-state index in [1.165, 1.54) is 55.1 Å². The summed E-state index contributed by atoms with van der Waals surface area (Å²) in [6.07, 6.45) is 2.21. The highest BCUT2D eigenvalue weighted by Crippen LogP contribution is 2.40. The summed E-state index contributed by atoms with van der Waals surface area (Å²) in [7, 11) is 0. The average Bonchev–Trinajstić information content (AvgIpc) is 3.21. The lowest BCUT2D eigenvalue weighted by Gasteiger charge is -2.33. The van der Waals surface area contributed by atoms with Gasteiger partial charge in [-0.15, -0.1) is 0 Å². The highest BCUT2D eigenvalue weighted by molar-refractivity contribution is 6.16. The van der Waals surface area contributed by atoms with Crippen molar-refractivity contribution in [2.75, 3.05) is 0 Å². The van der Waals surface area contributed by atoms with Crippen LogP contribution in [0.1, 0.15) is 28.9 Å². The van der Waals surface area contributed by atoms with Crippen LogP contribution in [0.25, 0.3) is 60.9 Å². The van der Waals surface area contributed by atoms with Gasteiger partial charge in [-0.2, -0.15) is 0 Å². The second-order valence-electron chi connectivity index (χ2n) is 12.9. The van der Waals surface area contributed by atoms with Crippen LogP contribution in [-0.4, -0.2) is 4.98 Å². The highest BCUT2D eigenvalue weighted by Gasteiger charge is 2.24. The highest BCUT2D eigenvalue weighted by atomic mass is 15.2. The zero-order valence-corrected chi connectivity index (χ0v) is 27.5. The third kappa shape index (κ3) is 5.64. The molecule has 0 bridgehead atoms. The molecule has 2 N–H and O–H groups in total. The van der Waals surface area contributed by atoms with Gasteiger partial charge in [-0.05, 0) is 74.0 Å². The number of aromatic nitrogens is 1. The van der Waals surface area contributed by atoms with E-state index in [0.717, 1.165) is 22.5 Å². The maximum Gasteiger partial charge on any atom is 0.104 e. The minimum absolute atomic E-state index is 0.0647. The molecule has 0 saturated carbocycles. The minimum Gasteiger partial charge on any atom is -0.366 e. The van der Waals surface area contributed by atoms with Crippen LogP contribution in [0.2, 0.25) is 0 Å². The van der Waals surface area contributed by atoms with Crippen molar-refractivity contribution in [3.63, 3.8) is 0 Å². The van der Waals surface area contributed by atoms with E-state index < -0.39 is 0 Å². The maximum absolute atomic E-state index is 5.20. The quantitative estimate of drug-likeness (QED) is 0.177. The Hall–Kier alpha value is -6.29. The maximum atomic E-state index is 5.20. The van der Waals surface area contributed by atoms with E-state index in [0.29, 0.717) is 0 Å². The zero-order chi connectivity index (χ0) is 33.3. The molecule has 0 saturated heterocycles. The van der Waals surface area contributed by atoms with Crippen LogP contribution in [-0.2, 0) is 0 Å². The van der Waals surface area contributed by atoms with Crippen LogP contribution in [0.4, 0.5) is 0 Å². The van der Waals surface area contributed by atoms with Crippen LogP contribution in [0.3, 0.4) is 0 Å². The molecule has 2 heterocycles. The monoisotopic (exact) mass is 641 g/mol. The Kier molecular flexibility index (Phi) is 7.73. The van der Waals surface area contributed by atoms with Gasteiger partial charge in [-0.3, -0.25) is 5.32 Å². The van der Waals surface area contributed by atoms with Gasteiger partial charge in [0.05, 0.1) is 17.3 Å². The molecule has 7 aromatic carbocycles. The van der Waals surface area contributed by atoms with Gasteiger partial charge in [0.2, 0.25) is 0 Å². The lowest BCUT2D eigenvalue weighted by Crippen LogP contribution is -2.39. The van der Waals surface area contributed by atoms with Gasteiger partial charge in [0, 0.05) is 16.6 Å². The van der Waals surface area contributed by atoms with Crippen molar-refractivity contribution in [2.24, 2.45) is 0 Å². The smallest absolute Gasteiger partial charge is 0.104 e. The molecule has 3 heteroatoms. The molecule has 8 aromatic rings. The molecule has 0 radical (unpaired) electrons. The molecule has 238 valence electrons. The molecule has 2 unspecified atom stereocenters. The fourth-order valence-electron chi connectivity index (χ4n) is 7.30. The van der Waals surface area contributed by atoms with Crippen LogP contribution in [0, 0.1) is 0 Å². The molecule has 1 aliphatic heterocycles. The van der Waals surface area contributed by atoms with Gasteiger partial charge in [-0.25, -0.2) is 4.98 Å². The van der Waals surface area contributed by atoms with E-state index in [9.17, 15) is 0 Å². The van der Waals surface area contributed by atoms with Gasteiger partial charge in [-0.1, -0.05) is 164 Å². The summed E-state index contributed by atoms with van der Waals surface area (Å²) >= 11 is 0. The minimum atomic E-state index is -0.0820. The molecule has 0 aliphatic carbocycles. The topological polar surface area (TPSA) is 37.0 Å². The molecule has 0 fully saturated rings. The van der Waals surface area contributed by atoms with Crippen LogP contribution in [0.15, 0.2) is 188 Å². The van der Waals surface area contributed by atoms with Crippen molar-refractivity contribution in [3.8, 4) is 33.5 Å². The van der Waals surface area contributed by atoms with Gasteiger partial charge < -0.3 is 5.32 Å². The predicted octanol–water partition coefficient (Wildman–Crippen LogP) is 11.4. The van der Waals surface area contributed by atoms with E-state index in [1.807, 2.05) is 6.07 Å². The number of hydrogen-bond donors (Lipinski definition) is 2. The standard InChI is InChI=1S/C47H35N3/c1-5-15-32(16-6-1)41-30-43(33-17-7-2-8-18-33)48-42-28-27-39-38(25-14-26-40(39)46(41)42)36-23-13-24-37(29-36)47-49-44(34-19-9-3-10-20-34)31-45(50-47)35-21-11-4-12-22-35/h1-31,44,47,49-50H. The summed E-state index contributed by atoms with van der Waals surface area (Å²) in [5, 5.41) is 11.3. The summed E-state index contributed by atoms with van der Waals surface area (Å²) < 4.78 is 0. The van der Waals surface area contributed by atoms with Crippen LogP contribution in [0.5, 0.6) is 0 Å². The van der Waals surface area contributed by atoms with Crippen molar-refractivity contribution in [2.45, 2.75) is 12.2 Å². The largest absolute Gasteiger partial charge is 0.366 e. The molecule has 0 amide bonds. The Labute approximate surface area is 292 Å². The van der Waals surface area contributed by atoms with Gasteiger partial charge in [0.25, 0.3) is 0 Å². The molecule has 50 heavy (non-hydrogen) atoms. The van der Waals surface area contributed by atoms with Gasteiger partial charge in [0.1, 0.15) is 6.17 Å². The summed E-state index contributed by atoms with van der Waals surface area (Å²) in [6, 6.07) is 64.8. The second kappa shape index (κ2) is 13.0.